The lowest BCUT2D eigenvalue weighted by Crippen LogP contribution is -2.27. The molecule has 0 spiro atoms. The van der Waals surface area contributed by atoms with Gasteiger partial charge in [0.25, 0.3) is 0 Å². The molecule has 2 rings (SSSR count). The molecule has 1 aliphatic rings. The normalized spacial score (nSPS) is 17.3. The second-order valence-corrected chi connectivity index (χ2v) is 7.09. The molecule has 0 aliphatic carbocycles. The van der Waals surface area contributed by atoms with Crippen molar-refractivity contribution in [2.75, 3.05) is 19.0 Å². The fourth-order valence-electron chi connectivity index (χ4n) is 2.86. The van der Waals surface area contributed by atoms with Crippen LogP contribution in [0.15, 0.2) is 46.1 Å². The maximum atomic E-state index is 12.3. The Labute approximate surface area is 157 Å². The number of nitrogens with zero attached hydrogens (tertiary/aromatic N) is 1. The maximum Gasteiger partial charge on any atom is 0.158 e. The van der Waals surface area contributed by atoms with Crippen LogP contribution in [0.1, 0.15) is 32.3 Å². The van der Waals surface area contributed by atoms with Gasteiger partial charge in [-0.1, -0.05) is 29.8 Å². The Morgan fingerprint density at radius 2 is 2.16 bits per heavy atom. The highest BCUT2D eigenvalue weighted by molar-refractivity contribution is 8.03. The van der Waals surface area contributed by atoms with Crippen LogP contribution in [0.5, 0.6) is 0 Å². The van der Waals surface area contributed by atoms with Crippen molar-refractivity contribution in [2.24, 2.45) is 0 Å². The molecule has 25 heavy (non-hydrogen) atoms. The van der Waals surface area contributed by atoms with Crippen LogP contribution in [0.3, 0.4) is 0 Å². The van der Waals surface area contributed by atoms with Crippen molar-refractivity contribution in [1.82, 2.24) is 5.32 Å². The number of thioether (sulfide) groups is 1. The van der Waals surface area contributed by atoms with E-state index in [1.807, 2.05) is 32.0 Å². The lowest BCUT2D eigenvalue weighted by Gasteiger charge is -2.29. The Balaban J connectivity index is 2.48. The highest BCUT2D eigenvalue weighted by Crippen LogP contribution is 2.42. The number of carbonyl (C=O) groups excluding carboxylic acids is 1. The van der Waals surface area contributed by atoms with Gasteiger partial charge in [0, 0.05) is 28.7 Å². The summed E-state index contributed by atoms with van der Waals surface area (Å²) in [7, 11) is 0. The van der Waals surface area contributed by atoms with Gasteiger partial charge in [0.1, 0.15) is 0 Å². The highest BCUT2D eigenvalue weighted by atomic mass is 35.5. The number of allylic oxidation sites excluding steroid dienone is 3. The summed E-state index contributed by atoms with van der Waals surface area (Å²) in [5.74, 6) is 0.201. The molecule has 1 N–H and O–H groups in total. The minimum absolute atomic E-state index is 0.0685. The number of nitrogens with one attached hydrogen (secondary N) is 1. The molecule has 1 aliphatic heterocycles. The summed E-state index contributed by atoms with van der Waals surface area (Å²) in [5, 5.41) is 14.3. The largest absolute Gasteiger partial charge is 0.381 e. The first kappa shape index (κ1) is 19.6. The number of benzene rings is 1. The highest BCUT2D eigenvalue weighted by Gasteiger charge is 2.33. The lowest BCUT2D eigenvalue weighted by atomic mass is 9.81. The van der Waals surface area contributed by atoms with E-state index in [1.54, 1.807) is 6.07 Å². The van der Waals surface area contributed by atoms with E-state index in [1.165, 1.54) is 18.7 Å². The van der Waals surface area contributed by atoms with Gasteiger partial charge in [-0.3, -0.25) is 4.79 Å². The van der Waals surface area contributed by atoms with Gasteiger partial charge in [-0.15, -0.1) is 11.8 Å². The number of Topliss-reactive ketones (excluding diaryl/α,β-unsaturated/α-hetero) is 1. The quantitative estimate of drug-likeness (QED) is 0.715. The Hall–Kier alpha value is -1.74. The molecular weight excluding hydrogens is 356 g/mol. The fourth-order valence-corrected chi connectivity index (χ4v) is 4.05. The summed E-state index contributed by atoms with van der Waals surface area (Å²) >= 11 is 7.90. The minimum atomic E-state index is -0.452. The molecule has 1 atom stereocenters. The molecule has 0 saturated heterocycles. The predicted molar refractivity (Wildman–Crippen MR) is 102 cm³/mol. The predicted octanol–water partition coefficient (Wildman–Crippen LogP) is 4.39. The van der Waals surface area contributed by atoms with Crippen LogP contribution < -0.4 is 5.32 Å². The molecule has 6 heteroatoms. The van der Waals surface area contributed by atoms with E-state index in [4.69, 9.17) is 16.3 Å². The Morgan fingerprint density at radius 1 is 1.44 bits per heavy atom. The fraction of sp³-hybridized carbons (Fsp3) is 0.368. The molecule has 1 heterocycles. The molecule has 1 unspecified atom stereocenters. The van der Waals surface area contributed by atoms with Gasteiger partial charge >= 0.3 is 0 Å². The first-order valence-electron chi connectivity index (χ1n) is 8.09. The topological polar surface area (TPSA) is 62.1 Å². The summed E-state index contributed by atoms with van der Waals surface area (Å²) in [5.41, 5.74) is 2.63. The number of rotatable bonds is 7. The number of halogens is 1. The summed E-state index contributed by atoms with van der Waals surface area (Å²) in [6.07, 6.45) is 0. The molecule has 0 saturated carbocycles. The number of ketones is 1. The van der Waals surface area contributed by atoms with Gasteiger partial charge in [0.15, 0.2) is 5.78 Å². The second kappa shape index (κ2) is 9.10. The van der Waals surface area contributed by atoms with E-state index in [0.29, 0.717) is 29.4 Å². The molecule has 0 fully saturated rings. The van der Waals surface area contributed by atoms with Crippen LogP contribution in [-0.2, 0) is 9.53 Å². The number of carbonyl (C=O) groups is 1. The van der Waals surface area contributed by atoms with Gasteiger partial charge in [-0.05, 0) is 32.4 Å². The Bertz CT molecular complexity index is 765. The molecular formula is C19H21ClN2O2S. The van der Waals surface area contributed by atoms with Crippen LogP contribution in [0.25, 0.3) is 0 Å². The number of dihydropyridines is 1. The zero-order valence-electron chi connectivity index (χ0n) is 14.6. The third-order valence-corrected chi connectivity index (χ3v) is 5.25. The molecule has 1 aromatic carbocycles. The molecule has 1 aromatic rings. The third kappa shape index (κ3) is 4.46. The van der Waals surface area contributed by atoms with E-state index < -0.39 is 5.92 Å². The Morgan fingerprint density at radius 3 is 2.76 bits per heavy atom. The van der Waals surface area contributed by atoms with E-state index in [2.05, 4.69) is 11.4 Å². The van der Waals surface area contributed by atoms with Crippen LogP contribution >= 0.6 is 23.4 Å². The summed E-state index contributed by atoms with van der Waals surface area (Å²) in [6, 6.07) is 9.64. The zero-order chi connectivity index (χ0) is 18.4. The zero-order valence-corrected chi connectivity index (χ0v) is 16.1. The average Bonchev–Trinajstić information content (AvgIpc) is 2.58. The second-order valence-electron chi connectivity index (χ2n) is 5.57. The summed E-state index contributed by atoms with van der Waals surface area (Å²) in [4.78, 5) is 12.3. The summed E-state index contributed by atoms with van der Waals surface area (Å²) in [6.45, 7) is 6.59. The number of hydrogen-bond donors (Lipinski definition) is 1. The van der Waals surface area contributed by atoms with Crippen LogP contribution in [0.4, 0.5) is 0 Å². The first-order valence-corrected chi connectivity index (χ1v) is 9.45. The van der Waals surface area contributed by atoms with Gasteiger partial charge < -0.3 is 10.1 Å². The average molecular weight is 377 g/mol. The van der Waals surface area contributed by atoms with E-state index in [-0.39, 0.29) is 5.78 Å². The number of ether oxygens (including phenoxy) is 1. The molecule has 0 radical (unpaired) electrons. The monoisotopic (exact) mass is 376 g/mol. The van der Waals surface area contributed by atoms with Crippen molar-refractivity contribution in [3.63, 3.8) is 0 Å². The molecule has 0 bridgehead atoms. The van der Waals surface area contributed by atoms with Crippen molar-refractivity contribution < 1.29 is 9.53 Å². The Kier molecular flexibility index (Phi) is 7.12. The molecule has 0 aromatic heterocycles. The van der Waals surface area contributed by atoms with Crippen LogP contribution in [0.2, 0.25) is 5.02 Å². The van der Waals surface area contributed by atoms with Gasteiger partial charge in [-0.25, -0.2) is 0 Å². The minimum Gasteiger partial charge on any atom is -0.381 e. The molecule has 0 amide bonds. The first-order chi connectivity index (χ1) is 12.0. The smallest absolute Gasteiger partial charge is 0.158 e. The van der Waals surface area contributed by atoms with E-state index in [0.717, 1.165) is 22.0 Å². The van der Waals surface area contributed by atoms with Gasteiger partial charge in [0.2, 0.25) is 0 Å². The summed E-state index contributed by atoms with van der Waals surface area (Å²) < 4.78 is 5.37. The van der Waals surface area contributed by atoms with Crippen LogP contribution in [-0.4, -0.2) is 24.7 Å². The lowest BCUT2D eigenvalue weighted by molar-refractivity contribution is -0.113. The number of nitriles is 1. The standard InChI is InChI=1S/C19H21ClN2O2S/c1-4-24-9-10-25-19-15(11-21)18(14-7-5-6-8-16(14)20)17(13(3)23)12(2)22-19/h5-8,18,22H,4,9-10H2,1-3H3. The third-order valence-electron chi connectivity index (χ3n) is 3.92. The van der Waals surface area contributed by atoms with E-state index >= 15 is 0 Å². The van der Waals surface area contributed by atoms with Crippen LogP contribution in [0, 0.1) is 11.3 Å². The maximum absolute atomic E-state index is 12.3. The van der Waals surface area contributed by atoms with Crippen molar-refractivity contribution >= 4 is 29.1 Å². The molecule has 132 valence electrons. The SMILES string of the molecule is CCOCCSC1=C(C#N)C(c2ccccc2Cl)C(C(C)=O)=C(C)N1. The van der Waals surface area contributed by atoms with Gasteiger partial charge in [0.05, 0.1) is 29.2 Å². The van der Waals surface area contributed by atoms with Crippen molar-refractivity contribution in [3.8, 4) is 6.07 Å². The van der Waals surface area contributed by atoms with Gasteiger partial charge in [-0.2, -0.15) is 5.26 Å². The van der Waals surface area contributed by atoms with Crippen molar-refractivity contribution in [2.45, 2.75) is 26.7 Å². The van der Waals surface area contributed by atoms with Crippen molar-refractivity contribution in [3.05, 3.63) is 56.7 Å². The van der Waals surface area contributed by atoms with E-state index in [9.17, 15) is 10.1 Å². The molecule has 4 nitrogen and oxygen atoms in total. The van der Waals surface area contributed by atoms with Crippen molar-refractivity contribution in [1.29, 1.82) is 5.26 Å². The number of hydrogen-bond acceptors (Lipinski definition) is 5.